The lowest BCUT2D eigenvalue weighted by Gasteiger charge is -2.20. The molecule has 1 aromatic heterocycles. The fourth-order valence-electron chi connectivity index (χ4n) is 4.39. The van der Waals surface area contributed by atoms with E-state index < -0.39 is 5.82 Å². The predicted octanol–water partition coefficient (Wildman–Crippen LogP) is 2.56. The maximum Gasteiger partial charge on any atom is 0.257 e. The number of rotatable bonds is 7. The van der Waals surface area contributed by atoms with Crippen LogP contribution in [0.2, 0.25) is 0 Å². The van der Waals surface area contributed by atoms with Gasteiger partial charge in [-0.2, -0.15) is 0 Å². The molecule has 0 bridgehead atoms. The number of nitrogens with zero attached hydrogens (tertiary/aromatic N) is 2. The van der Waals surface area contributed by atoms with Crippen LogP contribution in [-0.4, -0.2) is 48.6 Å². The molecule has 2 aromatic carbocycles. The SMILES string of the molecule is COc1cccc(CNC(=O)c2c(OC)cc(=O)n3c2CCN(C(=O)Cc2cccc(F)c2)CC3)c1. The Labute approximate surface area is 208 Å². The molecule has 0 aliphatic carbocycles. The van der Waals surface area contributed by atoms with Crippen LogP contribution in [0.4, 0.5) is 4.39 Å². The monoisotopic (exact) mass is 493 g/mol. The van der Waals surface area contributed by atoms with Gasteiger partial charge in [-0.15, -0.1) is 0 Å². The van der Waals surface area contributed by atoms with Crippen LogP contribution >= 0.6 is 0 Å². The lowest BCUT2D eigenvalue weighted by Crippen LogP contribution is -2.35. The average Bonchev–Trinajstić information content (AvgIpc) is 3.11. The Bertz CT molecular complexity index is 1340. The number of carbonyl (C=O) groups is 2. The van der Waals surface area contributed by atoms with Crippen LogP contribution in [0.25, 0.3) is 0 Å². The molecule has 0 unspecified atom stereocenters. The van der Waals surface area contributed by atoms with Crippen molar-refractivity contribution in [2.75, 3.05) is 27.3 Å². The third-order valence-electron chi connectivity index (χ3n) is 6.22. The van der Waals surface area contributed by atoms with Gasteiger partial charge in [-0.3, -0.25) is 14.4 Å². The highest BCUT2D eigenvalue weighted by molar-refractivity contribution is 5.98. The van der Waals surface area contributed by atoms with Crippen molar-refractivity contribution in [3.05, 3.63) is 93.2 Å². The smallest absolute Gasteiger partial charge is 0.257 e. The number of nitrogens with one attached hydrogen (secondary N) is 1. The van der Waals surface area contributed by atoms with Gasteiger partial charge in [0, 0.05) is 44.4 Å². The number of pyridine rings is 1. The van der Waals surface area contributed by atoms with Gasteiger partial charge in [0.05, 0.1) is 20.6 Å². The minimum Gasteiger partial charge on any atom is -0.497 e. The first-order valence-electron chi connectivity index (χ1n) is 11.6. The number of aromatic nitrogens is 1. The van der Waals surface area contributed by atoms with E-state index in [2.05, 4.69) is 5.32 Å². The molecule has 4 rings (SSSR count). The van der Waals surface area contributed by atoms with E-state index in [0.717, 1.165) is 5.56 Å². The second-order valence-corrected chi connectivity index (χ2v) is 8.50. The molecule has 188 valence electrons. The van der Waals surface area contributed by atoms with Crippen LogP contribution in [-0.2, 0) is 30.7 Å². The van der Waals surface area contributed by atoms with E-state index in [4.69, 9.17) is 9.47 Å². The summed E-state index contributed by atoms with van der Waals surface area (Å²) in [7, 11) is 2.99. The first kappa shape index (κ1) is 25.0. The van der Waals surface area contributed by atoms with Crippen molar-refractivity contribution in [1.82, 2.24) is 14.8 Å². The number of benzene rings is 2. The van der Waals surface area contributed by atoms with Gasteiger partial charge in [0.25, 0.3) is 11.5 Å². The number of ether oxygens (including phenoxy) is 2. The third kappa shape index (κ3) is 5.56. The van der Waals surface area contributed by atoms with Gasteiger partial charge in [-0.25, -0.2) is 4.39 Å². The molecule has 1 aliphatic rings. The predicted molar refractivity (Wildman–Crippen MR) is 132 cm³/mol. The third-order valence-corrected chi connectivity index (χ3v) is 6.22. The van der Waals surface area contributed by atoms with Crippen molar-refractivity contribution < 1.29 is 23.5 Å². The summed E-state index contributed by atoms with van der Waals surface area (Å²) >= 11 is 0. The maximum absolute atomic E-state index is 13.5. The summed E-state index contributed by atoms with van der Waals surface area (Å²) in [5.74, 6) is -0.0707. The van der Waals surface area contributed by atoms with Crippen LogP contribution in [0.3, 0.4) is 0 Å². The fraction of sp³-hybridized carbons (Fsp3) is 0.296. The number of fused-ring (bicyclic) bond motifs is 1. The zero-order valence-electron chi connectivity index (χ0n) is 20.3. The molecule has 0 saturated carbocycles. The molecule has 1 N–H and O–H groups in total. The van der Waals surface area contributed by atoms with Crippen LogP contribution in [0, 0.1) is 5.82 Å². The number of hydrogen-bond donors (Lipinski definition) is 1. The molecule has 0 atom stereocenters. The second kappa shape index (κ2) is 11.1. The Hall–Kier alpha value is -4.14. The van der Waals surface area contributed by atoms with Crippen LogP contribution < -0.4 is 20.3 Å². The molecule has 2 amide bonds. The number of hydrogen-bond acceptors (Lipinski definition) is 5. The Morgan fingerprint density at radius 3 is 2.50 bits per heavy atom. The standard InChI is InChI=1S/C27H28FN3O5/c1-35-21-8-4-6-19(14-21)17-29-27(34)26-22-9-10-30(11-12-31(22)25(33)16-23(26)36-2)24(32)15-18-5-3-7-20(28)13-18/h3-8,13-14,16H,9-12,15,17H2,1-2H3,(H,29,34). The van der Waals surface area contributed by atoms with Crippen molar-refractivity contribution in [2.24, 2.45) is 0 Å². The molecule has 0 spiro atoms. The van der Waals surface area contributed by atoms with Crippen molar-refractivity contribution >= 4 is 11.8 Å². The van der Waals surface area contributed by atoms with Crippen LogP contribution in [0.5, 0.6) is 11.5 Å². The average molecular weight is 494 g/mol. The normalized spacial score (nSPS) is 12.9. The van der Waals surface area contributed by atoms with E-state index in [1.807, 2.05) is 24.3 Å². The van der Waals surface area contributed by atoms with Crippen molar-refractivity contribution in [3.8, 4) is 11.5 Å². The van der Waals surface area contributed by atoms with Gasteiger partial charge in [-0.1, -0.05) is 24.3 Å². The molecule has 8 nitrogen and oxygen atoms in total. The van der Waals surface area contributed by atoms with Gasteiger partial charge >= 0.3 is 0 Å². The zero-order chi connectivity index (χ0) is 25.7. The zero-order valence-corrected chi connectivity index (χ0v) is 20.3. The summed E-state index contributed by atoms with van der Waals surface area (Å²) in [6, 6.07) is 14.6. The molecule has 3 aromatic rings. The largest absolute Gasteiger partial charge is 0.497 e. The first-order chi connectivity index (χ1) is 17.4. The molecule has 2 heterocycles. The summed E-state index contributed by atoms with van der Waals surface area (Å²) < 4.78 is 25.7. The topological polar surface area (TPSA) is 89.9 Å². The van der Waals surface area contributed by atoms with Crippen molar-refractivity contribution in [2.45, 2.75) is 25.9 Å². The maximum atomic E-state index is 13.5. The van der Waals surface area contributed by atoms with E-state index in [0.29, 0.717) is 36.5 Å². The van der Waals surface area contributed by atoms with Gasteiger partial charge in [0.2, 0.25) is 5.91 Å². The second-order valence-electron chi connectivity index (χ2n) is 8.50. The van der Waals surface area contributed by atoms with Crippen molar-refractivity contribution in [1.29, 1.82) is 0 Å². The van der Waals surface area contributed by atoms with E-state index in [1.165, 1.54) is 29.9 Å². The molecular weight excluding hydrogens is 465 g/mol. The molecule has 0 fully saturated rings. The van der Waals surface area contributed by atoms with Gasteiger partial charge in [-0.05, 0) is 35.4 Å². The molecule has 1 aliphatic heterocycles. The number of carbonyl (C=O) groups excluding carboxylic acids is 2. The minimum absolute atomic E-state index is 0.0558. The summed E-state index contributed by atoms with van der Waals surface area (Å²) in [6.45, 7) is 1.12. The Morgan fingerprint density at radius 1 is 0.972 bits per heavy atom. The van der Waals surface area contributed by atoms with E-state index in [-0.39, 0.29) is 48.2 Å². The summed E-state index contributed by atoms with van der Waals surface area (Å²) in [6.07, 6.45) is 0.351. The van der Waals surface area contributed by atoms with Gasteiger partial charge in [0.15, 0.2) is 0 Å². The highest BCUT2D eigenvalue weighted by atomic mass is 19.1. The van der Waals surface area contributed by atoms with Crippen LogP contribution in [0.15, 0.2) is 59.4 Å². The fourth-order valence-corrected chi connectivity index (χ4v) is 4.39. The van der Waals surface area contributed by atoms with E-state index in [1.54, 1.807) is 24.1 Å². The molecule has 0 radical (unpaired) electrons. The number of methoxy groups -OCH3 is 2. The first-order valence-corrected chi connectivity index (χ1v) is 11.6. The molecule has 36 heavy (non-hydrogen) atoms. The quantitative estimate of drug-likeness (QED) is 0.547. The highest BCUT2D eigenvalue weighted by Gasteiger charge is 2.26. The Balaban J connectivity index is 1.54. The lowest BCUT2D eigenvalue weighted by molar-refractivity contribution is -0.130. The molecule has 9 heteroatoms. The van der Waals surface area contributed by atoms with Gasteiger partial charge < -0.3 is 24.3 Å². The summed E-state index contributed by atoms with van der Waals surface area (Å²) in [4.78, 5) is 40.7. The van der Waals surface area contributed by atoms with E-state index in [9.17, 15) is 18.8 Å². The van der Waals surface area contributed by atoms with Gasteiger partial charge in [0.1, 0.15) is 22.9 Å². The van der Waals surface area contributed by atoms with E-state index >= 15 is 0 Å². The Morgan fingerprint density at radius 2 is 1.75 bits per heavy atom. The number of amides is 2. The number of halogens is 1. The minimum atomic E-state index is -0.396. The Kier molecular flexibility index (Phi) is 7.68. The molecule has 0 saturated heterocycles. The summed E-state index contributed by atoms with van der Waals surface area (Å²) in [5, 5.41) is 2.90. The molecular formula is C27H28FN3O5. The van der Waals surface area contributed by atoms with Crippen LogP contribution in [0.1, 0.15) is 27.2 Å². The highest BCUT2D eigenvalue weighted by Crippen LogP contribution is 2.23. The lowest BCUT2D eigenvalue weighted by atomic mass is 10.1. The summed E-state index contributed by atoms with van der Waals surface area (Å²) in [5.41, 5.74) is 1.93. The van der Waals surface area contributed by atoms with Crippen molar-refractivity contribution in [3.63, 3.8) is 0 Å².